The number of alkyl halides is 3. The van der Waals surface area contributed by atoms with Crippen LogP contribution in [0.2, 0.25) is 0 Å². The maximum absolute atomic E-state index is 13.3. The minimum Gasteiger partial charge on any atom is -0.493 e. The molecule has 11 heteroatoms. The van der Waals surface area contributed by atoms with E-state index >= 15 is 0 Å². The average molecular weight is 460 g/mol. The zero-order chi connectivity index (χ0) is 24.3. The molecule has 0 spiro atoms. The van der Waals surface area contributed by atoms with Gasteiger partial charge in [-0.1, -0.05) is 6.07 Å². The summed E-state index contributed by atoms with van der Waals surface area (Å²) in [6.45, 7) is 3.03. The average Bonchev–Trinajstić information content (AvgIpc) is 2.74. The number of halogens is 3. The van der Waals surface area contributed by atoms with E-state index < -0.39 is 29.7 Å². The number of amides is 2. The summed E-state index contributed by atoms with van der Waals surface area (Å²) in [6, 6.07) is 10.4. The molecule has 0 aliphatic heterocycles. The molecule has 0 aliphatic rings. The van der Waals surface area contributed by atoms with Gasteiger partial charge in [0.15, 0.2) is 11.5 Å². The molecule has 0 saturated heterocycles. The molecular weight excluding hydrogens is 441 g/mol. The number of ether oxygens (including phenoxy) is 2. The Morgan fingerprint density at radius 1 is 1.00 bits per heavy atom. The van der Waals surface area contributed by atoms with Crippen molar-refractivity contribution < 1.29 is 32.2 Å². The number of carbonyl (C=O) groups is 2. The SMILES string of the molecule is COc1cc(C)ccc1Oc1nc(C(F)(F)F)nc(C)c1C(=O)Nc1ccc(C(N)=O)cc1. The van der Waals surface area contributed by atoms with Gasteiger partial charge < -0.3 is 20.5 Å². The maximum atomic E-state index is 13.3. The van der Waals surface area contributed by atoms with E-state index in [2.05, 4.69) is 15.3 Å². The second-order valence-corrected chi connectivity index (χ2v) is 6.96. The number of rotatable bonds is 6. The number of anilines is 1. The van der Waals surface area contributed by atoms with E-state index in [0.29, 0.717) is 0 Å². The smallest absolute Gasteiger partial charge is 0.451 e. The van der Waals surface area contributed by atoms with Crippen molar-refractivity contribution in [3.63, 3.8) is 0 Å². The van der Waals surface area contributed by atoms with E-state index in [1.165, 1.54) is 44.4 Å². The fourth-order valence-corrected chi connectivity index (χ4v) is 2.88. The third-order valence-corrected chi connectivity index (χ3v) is 4.49. The lowest BCUT2D eigenvalue weighted by atomic mass is 10.1. The molecule has 0 aliphatic carbocycles. The topological polar surface area (TPSA) is 116 Å². The largest absolute Gasteiger partial charge is 0.493 e. The first kappa shape index (κ1) is 23.5. The highest BCUT2D eigenvalue weighted by molar-refractivity contribution is 6.07. The first-order chi connectivity index (χ1) is 15.5. The summed E-state index contributed by atoms with van der Waals surface area (Å²) in [7, 11) is 1.37. The summed E-state index contributed by atoms with van der Waals surface area (Å²) in [5.74, 6) is -3.20. The molecule has 33 heavy (non-hydrogen) atoms. The zero-order valence-electron chi connectivity index (χ0n) is 17.8. The second kappa shape index (κ2) is 9.15. The van der Waals surface area contributed by atoms with Crippen molar-refractivity contribution >= 4 is 17.5 Å². The molecule has 3 rings (SSSR count). The Hall–Kier alpha value is -4.15. The van der Waals surface area contributed by atoms with E-state index in [0.717, 1.165) is 5.56 Å². The Labute approximate surface area is 186 Å². The van der Waals surface area contributed by atoms with Crippen molar-refractivity contribution in [3.8, 4) is 17.4 Å². The van der Waals surface area contributed by atoms with E-state index in [-0.39, 0.29) is 34.0 Å². The number of carbonyl (C=O) groups excluding carboxylic acids is 2. The predicted octanol–water partition coefficient (Wildman–Crippen LogP) is 4.26. The molecule has 0 unspecified atom stereocenters. The van der Waals surface area contributed by atoms with Crippen LogP contribution in [0.1, 0.15) is 37.8 Å². The molecule has 3 aromatic rings. The van der Waals surface area contributed by atoms with Gasteiger partial charge in [-0.15, -0.1) is 0 Å². The van der Waals surface area contributed by atoms with Crippen molar-refractivity contribution in [3.05, 3.63) is 70.7 Å². The normalized spacial score (nSPS) is 11.1. The van der Waals surface area contributed by atoms with Crippen LogP contribution in [0.25, 0.3) is 0 Å². The van der Waals surface area contributed by atoms with Crippen LogP contribution in [0.15, 0.2) is 42.5 Å². The third kappa shape index (κ3) is 5.37. The lowest BCUT2D eigenvalue weighted by molar-refractivity contribution is -0.145. The van der Waals surface area contributed by atoms with Crippen molar-refractivity contribution in [2.75, 3.05) is 12.4 Å². The summed E-state index contributed by atoms with van der Waals surface area (Å²) in [5.41, 5.74) is 5.96. The Morgan fingerprint density at radius 2 is 1.67 bits per heavy atom. The van der Waals surface area contributed by atoms with Gasteiger partial charge in [-0.3, -0.25) is 9.59 Å². The molecule has 0 atom stereocenters. The minimum absolute atomic E-state index is 0.0641. The van der Waals surface area contributed by atoms with Gasteiger partial charge in [-0.25, -0.2) is 4.98 Å². The van der Waals surface area contributed by atoms with Gasteiger partial charge in [-0.2, -0.15) is 18.2 Å². The molecule has 1 heterocycles. The highest BCUT2D eigenvalue weighted by atomic mass is 19.4. The van der Waals surface area contributed by atoms with E-state index in [1.54, 1.807) is 19.1 Å². The summed E-state index contributed by atoms with van der Waals surface area (Å²) >= 11 is 0. The van der Waals surface area contributed by atoms with Gasteiger partial charge in [0.2, 0.25) is 17.6 Å². The number of benzene rings is 2. The van der Waals surface area contributed by atoms with Crippen molar-refractivity contribution in [2.24, 2.45) is 5.73 Å². The second-order valence-electron chi connectivity index (χ2n) is 6.96. The Morgan fingerprint density at radius 3 is 2.24 bits per heavy atom. The number of nitrogens with zero attached hydrogens (tertiary/aromatic N) is 2. The van der Waals surface area contributed by atoms with Crippen LogP contribution in [0.5, 0.6) is 17.4 Å². The number of nitrogens with two attached hydrogens (primary N) is 1. The monoisotopic (exact) mass is 460 g/mol. The number of aromatic nitrogens is 2. The lowest BCUT2D eigenvalue weighted by Gasteiger charge is -2.16. The summed E-state index contributed by atoms with van der Waals surface area (Å²) in [4.78, 5) is 31.1. The van der Waals surface area contributed by atoms with E-state index in [9.17, 15) is 22.8 Å². The Kier molecular flexibility index (Phi) is 6.52. The first-order valence-corrected chi connectivity index (χ1v) is 9.49. The maximum Gasteiger partial charge on any atom is 0.451 e. The van der Waals surface area contributed by atoms with Gasteiger partial charge in [0, 0.05) is 11.3 Å². The molecule has 172 valence electrons. The summed E-state index contributed by atoms with van der Waals surface area (Å²) in [6.07, 6.45) is -4.86. The predicted molar refractivity (Wildman–Crippen MR) is 112 cm³/mol. The van der Waals surface area contributed by atoms with Gasteiger partial charge in [0.1, 0.15) is 5.56 Å². The highest BCUT2D eigenvalue weighted by Crippen LogP contribution is 2.36. The molecule has 0 radical (unpaired) electrons. The van der Waals surface area contributed by atoms with Crippen LogP contribution < -0.4 is 20.5 Å². The van der Waals surface area contributed by atoms with E-state index in [1.807, 2.05) is 0 Å². The van der Waals surface area contributed by atoms with Crippen LogP contribution in [-0.2, 0) is 6.18 Å². The molecule has 0 fully saturated rings. The van der Waals surface area contributed by atoms with Crippen LogP contribution in [0, 0.1) is 13.8 Å². The number of primary amides is 1. The van der Waals surface area contributed by atoms with Crippen LogP contribution in [0.3, 0.4) is 0 Å². The van der Waals surface area contributed by atoms with Crippen LogP contribution in [-0.4, -0.2) is 28.9 Å². The van der Waals surface area contributed by atoms with Crippen molar-refractivity contribution in [1.82, 2.24) is 9.97 Å². The number of methoxy groups -OCH3 is 1. The van der Waals surface area contributed by atoms with Gasteiger partial charge >= 0.3 is 6.18 Å². The fourth-order valence-electron chi connectivity index (χ4n) is 2.88. The quantitative estimate of drug-likeness (QED) is 0.568. The van der Waals surface area contributed by atoms with Crippen molar-refractivity contribution in [1.29, 1.82) is 0 Å². The molecular formula is C22H19F3N4O4. The number of hydrogen-bond donors (Lipinski definition) is 2. The van der Waals surface area contributed by atoms with Crippen LogP contribution >= 0.6 is 0 Å². The van der Waals surface area contributed by atoms with Crippen LogP contribution in [0.4, 0.5) is 18.9 Å². The zero-order valence-corrected chi connectivity index (χ0v) is 17.8. The molecule has 3 N–H and O–H groups in total. The van der Waals surface area contributed by atoms with Gasteiger partial charge in [0.25, 0.3) is 5.91 Å². The Balaban J connectivity index is 2.04. The number of nitrogens with one attached hydrogen (secondary N) is 1. The first-order valence-electron chi connectivity index (χ1n) is 9.49. The van der Waals surface area contributed by atoms with Crippen molar-refractivity contribution in [2.45, 2.75) is 20.0 Å². The summed E-state index contributed by atoms with van der Waals surface area (Å²) < 4.78 is 50.8. The summed E-state index contributed by atoms with van der Waals surface area (Å²) in [5, 5.41) is 2.52. The Bertz CT molecular complexity index is 1210. The molecule has 0 bridgehead atoms. The fraction of sp³-hybridized carbons (Fsp3) is 0.182. The number of aryl methyl sites for hydroxylation is 2. The van der Waals surface area contributed by atoms with E-state index in [4.69, 9.17) is 15.2 Å². The number of hydrogen-bond acceptors (Lipinski definition) is 6. The molecule has 0 saturated carbocycles. The molecule has 8 nitrogen and oxygen atoms in total. The third-order valence-electron chi connectivity index (χ3n) is 4.49. The van der Waals surface area contributed by atoms with Gasteiger partial charge in [0.05, 0.1) is 12.8 Å². The lowest BCUT2D eigenvalue weighted by Crippen LogP contribution is -2.20. The molecule has 2 aromatic carbocycles. The molecule has 2 amide bonds. The van der Waals surface area contributed by atoms with Gasteiger partial charge in [-0.05, 0) is 55.8 Å². The minimum atomic E-state index is -4.86. The molecule has 1 aromatic heterocycles. The highest BCUT2D eigenvalue weighted by Gasteiger charge is 2.37. The standard InChI is InChI=1S/C22H19F3N4O4/c1-11-4-9-15(16(10-11)32-3)33-20-17(12(2)27-21(29-20)22(23,24)25)19(31)28-14-7-5-13(6-8-14)18(26)30/h4-10H,1-3H3,(H2,26,30)(H,28,31).